The third kappa shape index (κ3) is 8.26. The highest BCUT2D eigenvalue weighted by Crippen LogP contribution is 2.65. The molecule has 0 aromatic heterocycles. The van der Waals surface area contributed by atoms with E-state index in [9.17, 15) is 32.4 Å². The number of ketones is 1. The molecule has 13 nitrogen and oxygen atoms in total. The van der Waals surface area contributed by atoms with Crippen molar-refractivity contribution in [2.75, 3.05) is 25.4 Å². The van der Waals surface area contributed by atoms with Crippen LogP contribution in [0.4, 0.5) is 4.79 Å². The van der Waals surface area contributed by atoms with Crippen molar-refractivity contribution in [1.82, 2.24) is 25.2 Å². The molecule has 5 N–H and O–H groups in total. The number of nitrogens with two attached hydrogens (primary N) is 1. The van der Waals surface area contributed by atoms with E-state index in [1.54, 1.807) is 4.90 Å². The molecule has 0 aromatic rings. The fraction of sp³-hybridized carbons (Fsp3) is 0.857. The fourth-order valence-corrected chi connectivity index (χ4v) is 10.4. The molecule has 0 radical (unpaired) electrons. The lowest BCUT2D eigenvalue weighted by Gasteiger charge is -2.39. The molecule has 3 aliphatic carbocycles. The van der Waals surface area contributed by atoms with Crippen molar-refractivity contribution >= 4 is 39.6 Å². The van der Waals surface area contributed by atoms with E-state index in [-0.39, 0.29) is 41.4 Å². The van der Waals surface area contributed by atoms with Crippen molar-refractivity contribution in [1.29, 1.82) is 0 Å². The van der Waals surface area contributed by atoms with Crippen LogP contribution in [0.15, 0.2) is 0 Å². The number of fused-ring (bicyclic) bond motifs is 1. The molecule has 3 saturated carbocycles. The van der Waals surface area contributed by atoms with E-state index in [1.165, 1.54) is 4.31 Å². The molecule has 1 unspecified atom stereocenters. The molecular formula is C35H58N6O7S. The summed E-state index contributed by atoms with van der Waals surface area (Å²) in [5, 5.41) is 8.81. The van der Waals surface area contributed by atoms with Crippen molar-refractivity contribution < 1.29 is 32.4 Å². The SMILES string of the molecule is CC(C)(C)[C@H](NC(=O)N[C@H](CN1CCCCS1(=O)=O)C1CCCCC1)C(=O)N1C[C@H]2[C@@H]([C@H]1C(=O)NC(CC1CCC1)C(=O)C(N)=O)C2(C)C. The van der Waals surface area contributed by atoms with Gasteiger partial charge in [-0.1, -0.05) is 73.1 Å². The van der Waals surface area contributed by atoms with E-state index in [2.05, 4.69) is 29.8 Å². The Morgan fingerprint density at radius 3 is 2.14 bits per heavy atom. The first-order valence-corrected chi connectivity index (χ1v) is 20.0. The lowest BCUT2D eigenvalue weighted by atomic mass is 9.80. The predicted octanol–water partition coefficient (Wildman–Crippen LogP) is 2.29. The minimum Gasteiger partial charge on any atom is -0.363 e. The zero-order chi connectivity index (χ0) is 35.9. The number of hydrogen-bond acceptors (Lipinski definition) is 7. The number of piperidine rings is 1. The number of carbonyl (C=O) groups excluding carboxylic acids is 5. The van der Waals surface area contributed by atoms with Gasteiger partial charge in [-0.05, 0) is 66.6 Å². The Morgan fingerprint density at radius 2 is 1.57 bits per heavy atom. The summed E-state index contributed by atoms with van der Waals surface area (Å²) in [4.78, 5) is 68.4. The van der Waals surface area contributed by atoms with Crippen LogP contribution in [0.2, 0.25) is 0 Å². The average Bonchev–Trinajstić information content (AvgIpc) is 3.31. The largest absolute Gasteiger partial charge is 0.363 e. The summed E-state index contributed by atoms with van der Waals surface area (Å²) in [6.07, 6.45) is 9.55. The van der Waals surface area contributed by atoms with Crippen LogP contribution in [-0.2, 0) is 29.2 Å². The van der Waals surface area contributed by atoms with Crippen molar-refractivity contribution in [3.63, 3.8) is 0 Å². The number of nitrogens with one attached hydrogen (secondary N) is 3. The Labute approximate surface area is 291 Å². The van der Waals surface area contributed by atoms with Crippen LogP contribution < -0.4 is 21.7 Å². The summed E-state index contributed by atoms with van der Waals surface area (Å²) in [7, 11) is -3.40. The maximum atomic E-state index is 14.4. The van der Waals surface area contributed by atoms with Gasteiger partial charge < -0.3 is 26.6 Å². The van der Waals surface area contributed by atoms with Crippen LogP contribution in [0.1, 0.15) is 105 Å². The first-order valence-electron chi connectivity index (χ1n) is 18.4. The lowest BCUT2D eigenvalue weighted by molar-refractivity contribution is -0.145. The van der Waals surface area contributed by atoms with Gasteiger partial charge in [-0.15, -0.1) is 0 Å². The summed E-state index contributed by atoms with van der Waals surface area (Å²) in [5.74, 6) is -2.42. The quantitative estimate of drug-likeness (QED) is 0.224. The first kappa shape index (κ1) is 37.5. The third-order valence-corrected chi connectivity index (χ3v) is 14.1. The number of primary amides is 1. The molecule has 5 aliphatic rings. The van der Waals surface area contributed by atoms with Crippen LogP contribution in [0.3, 0.4) is 0 Å². The highest BCUT2D eigenvalue weighted by atomic mass is 32.2. The topological polar surface area (TPSA) is 188 Å². The Bertz CT molecular complexity index is 1400. The highest BCUT2D eigenvalue weighted by molar-refractivity contribution is 7.89. The minimum absolute atomic E-state index is 0.0701. The van der Waals surface area contributed by atoms with Gasteiger partial charge >= 0.3 is 6.03 Å². The van der Waals surface area contributed by atoms with Crippen molar-refractivity contribution in [2.24, 2.45) is 40.2 Å². The molecule has 5 fully saturated rings. The number of amides is 5. The van der Waals surface area contributed by atoms with Gasteiger partial charge in [0.25, 0.3) is 5.91 Å². The van der Waals surface area contributed by atoms with E-state index >= 15 is 0 Å². The van der Waals surface area contributed by atoms with E-state index in [1.807, 2.05) is 20.8 Å². The summed E-state index contributed by atoms with van der Waals surface area (Å²) in [6.45, 7) is 10.6. The zero-order valence-corrected chi connectivity index (χ0v) is 30.8. The number of urea groups is 1. The molecule has 2 aliphatic heterocycles. The zero-order valence-electron chi connectivity index (χ0n) is 30.0. The number of Topliss-reactive ketones (excluding diaryl/α,β-unsaturated/α-hetero) is 1. The van der Waals surface area contributed by atoms with E-state index in [0.29, 0.717) is 25.9 Å². The van der Waals surface area contributed by atoms with Crippen LogP contribution in [0.5, 0.6) is 0 Å². The minimum atomic E-state index is -3.40. The van der Waals surface area contributed by atoms with Crippen LogP contribution in [0, 0.1) is 34.5 Å². The molecule has 2 heterocycles. The van der Waals surface area contributed by atoms with E-state index in [0.717, 1.165) is 57.8 Å². The molecule has 5 amide bonds. The monoisotopic (exact) mass is 706 g/mol. The summed E-state index contributed by atoms with van der Waals surface area (Å²) >= 11 is 0. The van der Waals surface area contributed by atoms with Gasteiger partial charge in [0, 0.05) is 25.7 Å². The number of rotatable bonds is 12. The second-order valence-electron chi connectivity index (χ2n) is 17.0. The van der Waals surface area contributed by atoms with Crippen LogP contribution in [0.25, 0.3) is 0 Å². The predicted molar refractivity (Wildman–Crippen MR) is 184 cm³/mol. The maximum Gasteiger partial charge on any atom is 0.315 e. The molecule has 2 saturated heterocycles. The summed E-state index contributed by atoms with van der Waals surface area (Å²) in [6, 6.07) is -3.86. The van der Waals surface area contributed by atoms with Crippen LogP contribution >= 0.6 is 0 Å². The third-order valence-electron chi connectivity index (χ3n) is 12.2. The lowest BCUT2D eigenvalue weighted by Crippen LogP contribution is -2.62. The van der Waals surface area contributed by atoms with Gasteiger partial charge in [0.1, 0.15) is 12.1 Å². The van der Waals surface area contributed by atoms with Crippen LogP contribution in [-0.4, -0.2) is 96.7 Å². The number of hydrogen-bond donors (Lipinski definition) is 4. The number of sulfonamides is 1. The smallest absolute Gasteiger partial charge is 0.315 e. The van der Waals surface area contributed by atoms with Gasteiger partial charge in [0.05, 0.1) is 11.8 Å². The summed E-state index contributed by atoms with van der Waals surface area (Å²) < 4.78 is 27.3. The standard InChI is InChI=1S/C35H58N6O7S/c1-34(2,3)29(39-33(46)38-25(22-14-7-6-8-15-22)20-40-16-9-10-17-49(40,47)48)32(45)41-19-23-26(35(23,4)5)27(41)31(44)37-24(28(42)30(36)43)18-21-12-11-13-21/h21-27,29H,6-20H2,1-5H3,(H2,36,43)(H,37,44)(H2,38,39,46)/t23-,24?,25+,26-,27-,29+/m0/s1. The molecular weight excluding hydrogens is 648 g/mol. The second kappa shape index (κ2) is 14.5. The molecule has 0 aromatic carbocycles. The molecule has 0 spiro atoms. The molecule has 49 heavy (non-hydrogen) atoms. The van der Waals surface area contributed by atoms with E-state index < -0.39 is 69.1 Å². The fourth-order valence-electron chi connectivity index (χ4n) is 8.81. The molecule has 0 bridgehead atoms. The van der Waals surface area contributed by atoms with Gasteiger partial charge in [0.15, 0.2) is 0 Å². The van der Waals surface area contributed by atoms with Crippen molar-refractivity contribution in [3.05, 3.63) is 0 Å². The molecule has 14 heteroatoms. The Kier molecular flexibility index (Phi) is 11.1. The first-order chi connectivity index (χ1) is 22.9. The molecule has 6 atom stereocenters. The normalized spacial score (nSPS) is 28.7. The van der Waals surface area contributed by atoms with Gasteiger partial charge in [0.2, 0.25) is 27.6 Å². The maximum absolute atomic E-state index is 14.4. The number of carbonyl (C=O) groups is 5. The van der Waals surface area contributed by atoms with Gasteiger partial charge in [-0.25, -0.2) is 13.2 Å². The van der Waals surface area contributed by atoms with Crippen molar-refractivity contribution in [2.45, 2.75) is 129 Å². The second-order valence-corrected chi connectivity index (χ2v) is 19.1. The van der Waals surface area contributed by atoms with Gasteiger partial charge in [-0.2, -0.15) is 4.31 Å². The van der Waals surface area contributed by atoms with E-state index in [4.69, 9.17) is 5.73 Å². The van der Waals surface area contributed by atoms with Gasteiger partial charge in [-0.3, -0.25) is 19.2 Å². The Morgan fingerprint density at radius 1 is 0.898 bits per heavy atom. The Hall–Kier alpha value is -2.74. The average molecular weight is 707 g/mol. The highest BCUT2D eigenvalue weighted by Gasteiger charge is 2.70. The molecule has 276 valence electrons. The van der Waals surface area contributed by atoms with Crippen molar-refractivity contribution in [3.8, 4) is 0 Å². The molecule has 5 rings (SSSR count). The number of likely N-dealkylation sites (tertiary alicyclic amines) is 1. The number of nitrogens with zero attached hydrogens (tertiary/aromatic N) is 2. The summed E-state index contributed by atoms with van der Waals surface area (Å²) in [5.41, 5.74) is 4.43. The Balaban J connectivity index is 1.32.